The fraction of sp³-hybridized carbons (Fsp3) is 0.385. The first kappa shape index (κ1) is 11.8. The van der Waals surface area contributed by atoms with E-state index in [1.807, 2.05) is 38.1 Å². The molecular weight excluding hydrogens is 188 g/mol. The third-order valence-electron chi connectivity index (χ3n) is 2.14. The second-order valence-electron chi connectivity index (χ2n) is 3.74. The van der Waals surface area contributed by atoms with Crippen molar-refractivity contribution >= 4 is 0 Å². The van der Waals surface area contributed by atoms with Gasteiger partial charge in [0.2, 0.25) is 0 Å². The zero-order valence-electron chi connectivity index (χ0n) is 9.36. The van der Waals surface area contributed by atoms with Crippen molar-refractivity contribution in [3.63, 3.8) is 0 Å². The highest BCUT2D eigenvalue weighted by molar-refractivity contribution is 5.28. The molecule has 2 heteroatoms. The van der Waals surface area contributed by atoms with Gasteiger partial charge in [-0.3, -0.25) is 0 Å². The highest BCUT2D eigenvalue weighted by Gasteiger charge is 2.03. The van der Waals surface area contributed by atoms with Crippen LogP contribution in [0.15, 0.2) is 36.4 Å². The van der Waals surface area contributed by atoms with Gasteiger partial charge in [0.1, 0.15) is 12.4 Å². The van der Waals surface area contributed by atoms with Gasteiger partial charge < -0.3 is 9.84 Å². The Bertz CT molecular complexity index is 314. The van der Waals surface area contributed by atoms with Gasteiger partial charge in [0.25, 0.3) is 0 Å². The maximum Gasteiger partial charge on any atom is 0.119 e. The van der Waals surface area contributed by atoms with Gasteiger partial charge in [-0.25, -0.2) is 0 Å². The summed E-state index contributed by atoms with van der Waals surface area (Å²) >= 11 is 0. The van der Waals surface area contributed by atoms with E-state index in [0.29, 0.717) is 6.61 Å². The summed E-state index contributed by atoms with van der Waals surface area (Å²) in [6, 6.07) is 7.53. The zero-order valence-corrected chi connectivity index (χ0v) is 9.36. The van der Waals surface area contributed by atoms with Gasteiger partial charge in [-0.15, -0.1) is 0 Å². The molecule has 0 saturated carbocycles. The Morgan fingerprint density at radius 2 is 2.00 bits per heavy atom. The molecule has 0 aromatic heterocycles. The quantitative estimate of drug-likeness (QED) is 0.750. The summed E-state index contributed by atoms with van der Waals surface area (Å²) in [7, 11) is 0. The predicted molar refractivity (Wildman–Crippen MR) is 62.0 cm³/mol. The Morgan fingerprint density at radius 3 is 2.47 bits per heavy atom. The Labute approximate surface area is 91.2 Å². The van der Waals surface area contributed by atoms with Crippen molar-refractivity contribution in [1.29, 1.82) is 0 Å². The largest absolute Gasteiger partial charge is 0.489 e. The minimum Gasteiger partial charge on any atom is -0.489 e. The van der Waals surface area contributed by atoms with Crippen LogP contribution in [0.25, 0.3) is 0 Å². The van der Waals surface area contributed by atoms with Crippen LogP contribution in [-0.4, -0.2) is 11.7 Å². The molecule has 1 aromatic rings. The number of ether oxygens (including phenoxy) is 1. The molecule has 0 aliphatic carbocycles. The molecule has 15 heavy (non-hydrogen) atoms. The van der Waals surface area contributed by atoms with E-state index in [0.717, 1.165) is 23.3 Å². The zero-order chi connectivity index (χ0) is 11.3. The number of hydrogen-bond acceptors (Lipinski definition) is 2. The minimum absolute atomic E-state index is 0.375. The first-order chi connectivity index (χ1) is 7.13. The lowest BCUT2D eigenvalue weighted by atomic mass is 10.1. The van der Waals surface area contributed by atoms with Crippen molar-refractivity contribution in [1.82, 2.24) is 0 Å². The van der Waals surface area contributed by atoms with Gasteiger partial charge in [0.15, 0.2) is 0 Å². The molecule has 1 aromatic carbocycles. The lowest BCUT2D eigenvalue weighted by Crippen LogP contribution is -1.98. The number of aliphatic hydroxyl groups is 1. The van der Waals surface area contributed by atoms with E-state index in [1.165, 1.54) is 0 Å². The molecule has 0 aliphatic rings. The van der Waals surface area contributed by atoms with Crippen LogP contribution in [0, 0.1) is 0 Å². The van der Waals surface area contributed by atoms with E-state index in [9.17, 15) is 5.11 Å². The highest BCUT2D eigenvalue weighted by Crippen LogP contribution is 2.19. The smallest absolute Gasteiger partial charge is 0.119 e. The molecule has 1 rings (SSSR count). The van der Waals surface area contributed by atoms with Crippen molar-refractivity contribution in [2.24, 2.45) is 0 Å². The topological polar surface area (TPSA) is 29.5 Å². The van der Waals surface area contributed by atoms with E-state index in [-0.39, 0.29) is 6.10 Å². The molecule has 0 fully saturated rings. The number of aliphatic hydroxyl groups excluding tert-OH is 1. The molecule has 0 unspecified atom stereocenters. The van der Waals surface area contributed by atoms with E-state index in [4.69, 9.17) is 4.74 Å². The SMILES string of the molecule is C=C(C)COc1ccc([C@H](O)CC)cc1. The van der Waals surface area contributed by atoms with Crippen molar-refractivity contribution in [3.8, 4) is 5.75 Å². The van der Waals surface area contributed by atoms with Gasteiger partial charge in [0, 0.05) is 0 Å². The molecule has 1 N–H and O–H groups in total. The summed E-state index contributed by atoms with van der Waals surface area (Å²) in [6.07, 6.45) is 0.353. The molecule has 1 atom stereocenters. The second-order valence-corrected chi connectivity index (χ2v) is 3.74. The lowest BCUT2D eigenvalue weighted by Gasteiger charge is -2.09. The van der Waals surface area contributed by atoms with Crippen molar-refractivity contribution in [2.45, 2.75) is 26.4 Å². The molecular formula is C13H18O2. The van der Waals surface area contributed by atoms with Crippen molar-refractivity contribution < 1.29 is 9.84 Å². The molecule has 0 radical (unpaired) electrons. The number of hydrogen-bond donors (Lipinski definition) is 1. The third-order valence-corrected chi connectivity index (χ3v) is 2.14. The summed E-state index contributed by atoms with van der Waals surface area (Å²) in [5, 5.41) is 9.58. The van der Waals surface area contributed by atoms with Crippen LogP contribution >= 0.6 is 0 Å². The fourth-order valence-electron chi connectivity index (χ4n) is 1.23. The van der Waals surface area contributed by atoms with Crippen LogP contribution in [0.5, 0.6) is 5.75 Å². The van der Waals surface area contributed by atoms with Crippen LogP contribution in [0.3, 0.4) is 0 Å². The number of benzene rings is 1. The Hall–Kier alpha value is -1.28. The Kier molecular flexibility index (Phi) is 4.37. The van der Waals surface area contributed by atoms with E-state index >= 15 is 0 Å². The van der Waals surface area contributed by atoms with Crippen LogP contribution in [-0.2, 0) is 0 Å². The van der Waals surface area contributed by atoms with Gasteiger partial charge in [0.05, 0.1) is 6.10 Å². The summed E-state index contributed by atoms with van der Waals surface area (Å²) in [5.74, 6) is 0.810. The Morgan fingerprint density at radius 1 is 1.40 bits per heavy atom. The van der Waals surface area contributed by atoms with Gasteiger partial charge in [-0.2, -0.15) is 0 Å². The molecule has 82 valence electrons. The van der Waals surface area contributed by atoms with Gasteiger partial charge in [-0.1, -0.05) is 25.6 Å². The maximum atomic E-state index is 9.58. The monoisotopic (exact) mass is 206 g/mol. The van der Waals surface area contributed by atoms with E-state index in [1.54, 1.807) is 0 Å². The normalized spacial score (nSPS) is 12.2. The van der Waals surface area contributed by atoms with Crippen molar-refractivity contribution in [2.75, 3.05) is 6.61 Å². The van der Waals surface area contributed by atoms with E-state index < -0.39 is 0 Å². The summed E-state index contributed by atoms with van der Waals surface area (Å²) in [6.45, 7) is 8.18. The molecule has 0 saturated heterocycles. The molecule has 2 nitrogen and oxygen atoms in total. The number of rotatable bonds is 5. The van der Waals surface area contributed by atoms with E-state index in [2.05, 4.69) is 6.58 Å². The predicted octanol–water partition coefficient (Wildman–Crippen LogP) is 3.08. The standard InChI is InChI=1S/C13H18O2/c1-4-13(14)11-5-7-12(8-6-11)15-9-10(2)3/h5-8,13-14H,2,4,9H2,1,3H3/t13-/m1/s1. The molecule has 0 bridgehead atoms. The van der Waals surface area contributed by atoms with Gasteiger partial charge in [-0.05, 0) is 36.6 Å². The van der Waals surface area contributed by atoms with Crippen LogP contribution < -0.4 is 4.74 Å². The summed E-state index contributed by atoms with van der Waals surface area (Å²) in [4.78, 5) is 0. The van der Waals surface area contributed by atoms with Crippen LogP contribution in [0.1, 0.15) is 31.9 Å². The van der Waals surface area contributed by atoms with Gasteiger partial charge >= 0.3 is 0 Å². The summed E-state index contributed by atoms with van der Waals surface area (Å²) in [5.41, 5.74) is 1.92. The summed E-state index contributed by atoms with van der Waals surface area (Å²) < 4.78 is 5.45. The first-order valence-corrected chi connectivity index (χ1v) is 5.18. The highest BCUT2D eigenvalue weighted by atomic mass is 16.5. The minimum atomic E-state index is -0.375. The average molecular weight is 206 g/mol. The molecule has 0 amide bonds. The fourth-order valence-corrected chi connectivity index (χ4v) is 1.23. The van der Waals surface area contributed by atoms with Crippen LogP contribution in [0.4, 0.5) is 0 Å². The lowest BCUT2D eigenvalue weighted by molar-refractivity contribution is 0.173. The van der Waals surface area contributed by atoms with Crippen molar-refractivity contribution in [3.05, 3.63) is 42.0 Å². The Balaban J connectivity index is 2.60. The average Bonchev–Trinajstić information content (AvgIpc) is 2.26. The second kappa shape index (κ2) is 5.56. The molecule has 0 heterocycles. The third kappa shape index (κ3) is 3.76. The first-order valence-electron chi connectivity index (χ1n) is 5.18. The molecule has 0 aliphatic heterocycles. The van der Waals surface area contributed by atoms with Crippen LogP contribution in [0.2, 0.25) is 0 Å². The molecule has 0 spiro atoms. The maximum absolute atomic E-state index is 9.58.